The van der Waals surface area contributed by atoms with E-state index in [1.807, 2.05) is 31.2 Å². The molecule has 0 saturated carbocycles. The third-order valence-corrected chi connectivity index (χ3v) is 4.17. The molecule has 1 heterocycles. The molecule has 0 aliphatic carbocycles. The van der Waals surface area contributed by atoms with Gasteiger partial charge in [0.05, 0.1) is 19.1 Å². The van der Waals surface area contributed by atoms with Gasteiger partial charge in [0.1, 0.15) is 11.8 Å². The van der Waals surface area contributed by atoms with E-state index in [1.54, 1.807) is 12.0 Å². The highest BCUT2D eigenvalue weighted by Gasteiger charge is 2.34. The van der Waals surface area contributed by atoms with E-state index in [0.717, 1.165) is 17.7 Å². The number of benzene rings is 1. The normalized spacial score (nSPS) is 18.1. The Labute approximate surface area is 142 Å². The number of nitrogens with one attached hydrogen (secondary N) is 1. The van der Waals surface area contributed by atoms with Gasteiger partial charge in [0, 0.05) is 19.5 Å². The van der Waals surface area contributed by atoms with Gasteiger partial charge in [0.2, 0.25) is 11.8 Å². The van der Waals surface area contributed by atoms with Gasteiger partial charge in [-0.15, -0.1) is 0 Å². The number of amides is 2. The average molecular weight is 329 g/mol. The maximum Gasteiger partial charge on any atom is 0.226 e. The number of carbonyl (C=O) groups excluding carboxylic acids is 2. The third kappa shape index (κ3) is 4.48. The van der Waals surface area contributed by atoms with Crippen molar-refractivity contribution in [1.82, 2.24) is 10.2 Å². The number of rotatable bonds is 7. The number of nitrogens with zero attached hydrogens (tertiary/aromatic N) is 2. The summed E-state index contributed by atoms with van der Waals surface area (Å²) in [5, 5.41) is 11.8. The summed E-state index contributed by atoms with van der Waals surface area (Å²) in [7, 11) is 1.61. The van der Waals surface area contributed by atoms with E-state index in [1.165, 1.54) is 0 Å². The van der Waals surface area contributed by atoms with Crippen molar-refractivity contribution in [2.75, 3.05) is 13.7 Å². The number of hydrogen-bond donors (Lipinski definition) is 1. The minimum Gasteiger partial charge on any atom is -0.497 e. The van der Waals surface area contributed by atoms with Gasteiger partial charge in [-0.05, 0) is 24.1 Å². The lowest BCUT2D eigenvalue weighted by Crippen LogP contribution is -2.39. The van der Waals surface area contributed by atoms with Crippen molar-refractivity contribution < 1.29 is 14.3 Å². The van der Waals surface area contributed by atoms with Crippen LogP contribution < -0.4 is 10.1 Å². The van der Waals surface area contributed by atoms with Crippen LogP contribution in [0.4, 0.5) is 0 Å². The number of carbonyl (C=O) groups is 2. The highest BCUT2D eigenvalue weighted by Crippen LogP contribution is 2.21. The van der Waals surface area contributed by atoms with E-state index in [-0.39, 0.29) is 24.2 Å². The first kappa shape index (κ1) is 17.8. The summed E-state index contributed by atoms with van der Waals surface area (Å²) in [5.41, 5.74) is 0.992. The summed E-state index contributed by atoms with van der Waals surface area (Å²) in [6.07, 6.45) is 1.65. The minimum atomic E-state index is -0.478. The van der Waals surface area contributed by atoms with Crippen LogP contribution in [0.2, 0.25) is 0 Å². The lowest BCUT2D eigenvalue weighted by atomic mass is 10.1. The van der Waals surface area contributed by atoms with Gasteiger partial charge < -0.3 is 15.0 Å². The summed E-state index contributed by atoms with van der Waals surface area (Å²) in [6.45, 7) is 2.83. The summed E-state index contributed by atoms with van der Waals surface area (Å²) in [6, 6.07) is 9.13. The van der Waals surface area contributed by atoms with Gasteiger partial charge in [-0.1, -0.05) is 25.5 Å². The van der Waals surface area contributed by atoms with Crippen molar-refractivity contribution in [3.63, 3.8) is 0 Å². The number of methoxy groups -OCH3 is 1. The minimum absolute atomic E-state index is 0.0324. The van der Waals surface area contributed by atoms with Crippen LogP contribution in [0.3, 0.4) is 0 Å². The summed E-state index contributed by atoms with van der Waals surface area (Å²) >= 11 is 0. The van der Waals surface area contributed by atoms with Crippen LogP contribution in [-0.2, 0) is 16.1 Å². The highest BCUT2D eigenvalue weighted by atomic mass is 16.5. The van der Waals surface area contributed by atoms with E-state index >= 15 is 0 Å². The van der Waals surface area contributed by atoms with E-state index in [4.69, 9.17) is 10.00 Å². The predicted molar refractivity (Wildman–Crippen MR) is 89.0 cm³/mol. The van der Waals surface area contributed by atoms with Crippen molar-refractivity contribution in [3.05, 3.63) is 29.8 Å². The number of nitriles is 1. The Morgan fingerprint density at radius 2 is 2.17 bits per heavy atom. The molecule has 128 valence electrons. The Bertz CT molecular complexity index is 621. The third-order valence-electron chi connectivity index (χ3n) is 4.17. The quantitative estimate of drug-likeness (QED) is 0.827. The molecule has 6 nitrogen and oxygen atoms in total. The second kappa shape index (κ2) is 8.34. The molecule has 1 aliphatic rings. The van der Waals surface area contributed by atoms with Crippen molar-refractivity contribution in [3.8, 4) is 11.8 Å². The first-order valence-electron chi connectivity index (χ1n) is 8.18. The van der Waals surface area contributed by atoms with Crippen LogP contribution in [0.5, 0.6) is 5.75 Å². The van der Waals surface area contributed by atoms with E-state index in [2.05, 4.69) is 11.4 Å². The Balaban J connectivity index is 1.92. The Morgan fingerprint density at radius 3 is 2.75 bits per heavy atom. The zero-order chi connectivity index (χ0) is 17.5. The van der Waals surface area contributed by atoms with E-state index in [0.29, 0.717) is 19.5 Å². The van der Waals surface area contributed by atoms with Gasteiger partial charge in [-0.2, -0.15) is 5.26 Å². The fraction of sp³-hybridized carbons (Fsp3) is 0.500. The number of hydrogen-bond acceptors (Lipinski definition) is 4. The van der Waals surface area contributed by atoms with Crippen LogP contribution in [0.1, 0.15) is 31.7 Å². The van der Waals surface area contributed by atoms with Gasteiger partial charge in [0.25, 0.3) is 0 Å². The first-order valence-corrected chi connectivity index (χ1v) is 8.18. The van der Waals surface area contributed by atoms with Crippen molar-refractivity contribution in [1.29, 1.82) is 5.26 Å². The molecule has 0 bridgehead atoms. The molecule has 0 aromatic heterocycles. The van der Waals surface area contributed by atoms with E-state index in [9.17, 15) is 9.59 Å². The van der Waals surface area contributed by atoms with Crippen molar-refractivity contribution in [2.45, 2.75) is 38.8 Å². The molecular formula is C18H23N3O3. The second-order valence-electron chi connectivity index (χ2n) is 6.00. The predicted octanol–water partition coefficient (Wildman–Crippen LogP) is 1.85. The number of likely N-dealkylation sites (tertiary alicyclic amines) is 1. The lowest BCUT2D eigenvalue weighted by Gasteiger charge is -2.17. The molecule has 2 atom stereocenters. The van der Waals surface area contributed by atoms with Crippen molar-refractivity contribution >= 4 is 11.8 Å². The molecule has 2 amide bonds. The monoisotopic (exact) mass is 329 g/mol. The van der Waals surface area contributed by atoms with Crippen LogP contribution in [0, 0.1) is 17.2 Å². The molecule has 1 aromatic carbocycles. The van der Waals surface area contributed by atoms with Gasteiger partial charge in [-0.25, -0.2) is 0 Å². The van der Waals surface area contributed by atoms with E-state index < -0.39 is 6.04 Å². The fourth-order valence-corrected chi connectivity index (χ4v) is 2.80. The molecule has 0 spiro atoms. The molecule has 1 fully saturated rings. The number of ether oxygens (including phenoxy) is 1. The molecular weight excluding hydrogens is 306 g/mol. The topological polar surface area (TPSA) is 82.4 Å². The molecule has 1 aromatic rings. The summed E-state index contributed by atoms with van der Waals surface area (Å²) < 4.78 is 5.12. The Hall–Kier alpha value is -2.55. The summed E-state index contributed by atoms with van der Waals surface area (Å²) in [5.74, 6) is 0.140. The SMILES string of the molecule is CCC[C@@H](C#N)NC(=O)[C@H]1CC(=O)N(Cc2ccc(OC)cc2)C1. The molecule has 0 unspecified atom stereocenters. The maximum absolute atomic E-state index is 12.3. The largest absolute Gasteiger partial charge is 0.497 e. The molecule has 1 N–H and O–H groups in total. The Kier molecular flexibility index (Phi) is 6.19. The molecule has 6 heteroatoms. The average Bonchev–Trinajstić information content (AvgIpc) is 2.96. The molecule has 2 rings (SSSR count). The lowest BCUT2D eigenvalue weighted by molar-refractivity contribution is -0.129. The molecule has 24 heavy (non-hydrogen) atoms. The second-order valence-corrected chi connectivity index (χ2v) is 6.00. The highest BCUT2D eigenvalue weighted by molar-refractivity contribution is 5.89. The standard InChI is InChI=1S/C18H23N3O3/c1-3-4-15(10-19)20-18(23)14-9-17(22)21(12-14)11-13-5-7-16(24-2)8-6-13/h5-8,14-15H,3-4,9,11-12H2,1-2H3,(H,20,23)/t14-,15-/m0/s1. The first-order chi connectivity index (χ1) is 11.6. The smallest absolute Gasteiger partial charge is 0.226 e. The molecule has 1 aliphatic heterocycles. The van der Waals surface area contributed by atoms with Crippen molar-refractivity contribution in [2.24, 2.45) is 5.92 Å². The van der Waals surface area contributed by atoms with Gasteiger partial charge in [-0.3, -0.25) is 9.59 Å². The van der Waals surface area contributed by atoms with Crippen LogP contribution in [-0.4, -0.2) is 36.4 Å². The zero-order valence-corrected chi connectivity index (χ0v) is 14.1. The van der Waals surface area contributed by atoms with Crippen LogP contribution in [0.25, 0.3) is 0 Å². The van der Waals surface area contributed by atoms with Gasteiger partial charge >= 0.3 is 0 Å². The maximum atomic E-state index is 12.3. The Morgan fingerprint density at radius 1 is 1.46 bits per heavy atom. The summed E-state index contributed by atoms with van der Waals surface area (Å²) in [4.78, 5) is 26.1. The molecule has 1 saturated heterocycles. The van der Waals surface area contributed by atoms with Gasteiger partial charge in [0.15, 0.2) is 0 Å². The van der Waals surface area contributed by atoms with Crippen LogP contribution >= 0.6 is 0 Å². The van der Waals surface area contributed by atoms with Crippen LogP contribution in [0.15, 0.2) is 24.3 Å². The fourth-order valence-electron chi connectivity index (χ4n) is 2.80. The molecule has 0 radical (unpaired) electrons. The zero-order valence-electron chi connectivity index (χ0n) is 14.1.